The van der Waals surface area contributed by atoms with Gasteiger partial charge in [-0.1, -0.05) is 56.3 Å². The maximum Gasteiger partial charge on any atom is 0.259 e. The predicted molar refractivity (Wildman–Crippen MR) is 154 cm³/mol. The molecular weight excluding hydrogens is 488 g/mol. The summed E-state index contributed by atoms with van der Waals surface area (Å²) in [4.78, 5) is 29.9. The average Bonchev–Trinajstić information content (AvgIpc) is 2.97. The number of carbonyl (C=O) groups excluding carboxylic acids is 2. The second-order valence-electron chi connectivity index (χ2n) is 9.92. The first-order valence-corrected chi connectivity index (χ1v) is 13.0. The van der Waals surface area contributed by atoms with Crippen molar-refractivity contribution < 1.29 is 19.1 Å². The summed E-state index contributed by atoms with van der Waals surface area (Å²) in [6.45, 7) is 4.27. The Hall–Kier alpha value is -4.58. The van der Waals surface area contributed by atoms with Crippen LogP contribution in [0.4, 0.5) is 11.4 Å². The maximum atomic E-state index is 14.1. The third kappa shape index (κ3) is 5.10. The molecule has 0 spiro atoms. The molecule has 1 N–H and O–H groups in total. The topological polar surface area (TPSA) is 67.9 Å². The number of hydrogen-bond acceptors (Lipinski definition) is 4. The van der Waals surface area contributed by atoms with Crippen LogP contribution in [0.15, 0.2) is 97.1 Å². The number of fused-ring (bicyclic) bond motifs is 1. The third-order valence-electron chi connectivity index (χ3n) is 7.27. The summed E-state index contributed by atoms with van der Waals surface area (Å²) in [7, 11) is 3.21. The first-order valence-electron chi connectivity index (χ1n) is 13.0. The first kappa shape index (κ1) is 26.0. The molecule has 1 aliphatic heterocycles. The molecule has 0 radical (unpaired) electrons. The van der Waals surface area contributed by atoms with Crippen molar-refractivity contribution in [3.05, 3.63) is 119 Å². The number of anilines is 2. The van der Waals surface area contributed by atoms with Gasteiger partial charge in [0, 0.05) is 16.9 Å². The van der Waals surface area contributed by atoms with Gasteiger partial charge in [0.1, 0.15) is 11.5 Å². The lowest BCUT2D eigenvalue weighted by Crippen LogP contribution is -2.46. The molecule has 0 fully saturated rings. The van der Waals surface area contributed by atoms with Gasteiger partial charge in [-0.05, 0) is 77.2 Å². The average molecular weight is 521 g/mol. The summed E-state index contributed by atoms with van der Waals surface area (Å²) in [5.74, 6) is 0.753. The van der Waals surface area contributed by atoms with E-state index in [1.165, 1.54) is 5.56 Å². The zero-order valence-electron chi connectivity index (χ0n) is 22.5. The number of carbonyl (C=O) groups is 2. The van der Waals surface area contributed by atoms with E-state index in [4.69, 9.17) is 9.47 Å². The highest BCUT2D eigenvalue weighted by molar-refractivity contribution is 6.12. The van der Waals surface area contributed by atoms with Gasteiger partial charge in [0.25, 0.3) is 5.91 Å². The Bertz CT molecular complexity index is 1460. The third-order valence-corrected chi connectivity index (χ3v) is 7.27. The van der Waals surface area contributed by atoms with Crippen molar-refractivity contribution in [1.29, 1.82) is 0 Å². The number of nitrogens with zero attached hydrogens (tertiary/aromatic N) is 1. The van der Waals surface area contributed by atoms with Crippen LogP contribution in [-0.4, -0.2) is 26.0 Å². The highest BCUT2D eigenvalue weighted by Gasteiger charge is 2.45. The van der Waals surface area contributed by atoms with E-state index in [0.29, 0.717) is 39.9 Å². The predicted octanol–water partition coefficient (Wildman–Crippen LogP) is 6.95. The SMILES string of the molecule is COc1ccc(C2C(C(=O)Nc3ccc(C(C)C)cc3)c3ccccc3C(=O)N2c2ccc(OC)cc2)cc1. The molecule has 4 aromatic rings. The molecule has 6 nitrogen and oxygen atoms in total. The van der Waals surface area contributed by atoms with Crippen LogP contribution in [0.2, 0.25) is 0 Å². The number of nitrogens with one attached hydrogen (secondary N) is 1. The van der Waals surface area contributed by atoms with Crippen molar-refractivity contribution >= 4 is 23.2 Å². The van der Waals surface area contributed by atoms with Crippen LogP contribution in [0.1, 0.15) is 58.8 Å². The Morgan fingerprint density at radius 3 is 1.97 bits per heavy atom. The molecule has 4 aromatic carbocycles. The zero-order valence-corrected chi connectivity index (χ0v) is 22.5. The Kier molecular flexibility index (Phi) is 7.37. The molecule has 6 heteroatoms. The van der Waals surface area contributed by atoms with Gasteiger partial charge in [-0.2, -0.15) is 0 Å². The highest BCUT2D eigenvalue weighted by Crippen LogP contribution is 2.46. The smallest absolute Gasteiger partial charge is 0.259 e. The number of hydrogen-bond donors (Lipinski definition) is 1. The van der Waals surface area contributed by atoms with Crippen LogP contribution in [-0.2, 0) is 4.79 Å². The summed E-state index contributed by atoms with van der Waals surface area (Å²) in [5, 5.41) is 3.12. The lowest BCUT2D eigenvalue weighted by Gasteiger charge is -2.42. The summed E-state index contributed by atoms with van der Waals surface area (Å²) >= 11 is 0. The molecule has 5 rings (SSSR count). The van der Waals surface area contributed by atoms with Crippen molar-refractivity contribution in [1.82, 2.24) is 0 Å². The molecule has 0 aliphatic carbocycles. The van der Waals surface area contributed by atoms with Gasteiger partial charge < -0.3 is 14.8 Å². The summed E-state index contributed by atoms with van der Waals surface area (Å²) in [5.41, 5.74) is 4.62. The van der Waals surface area contributed by atoms with E-state index < -0.39 is 12.0 Å². The van der Waals surface area contributed by atoms with Gasteiger partial charge in [-0.3, -0.25) is 14.5 Å². The second-order valence-corrected chi connectivity index (χ2v) is 9.92. The van der Waals surface area contributed by atoms with Crippen molar-refractivity contribution in [3.8, 4) is 11.5 Å². The highest BCUT2D eigenvalue weighted by atomic mass is 16.5. The second kappa shape index (κ2) is 11.0. The van der Waals surface area contributed by atoms with Crippen molar-refractivity contribution in [2.75, 3.05) is 24.4 Å². The molecule has 2 unspecified atom stereocenters. The standard InChI is InChI=1S/C33H32N2O4/c1-21(2)22-9-13-24(14-10-22)34-32(36)30-28-7-5-6-8-29(28)33(37)35(25-15-19-27(39-4)20-16-25)31(30)23-11-17-26(38-3)18-12-23/h5-21,30-31H,1-4H3,(H,34,36). The molecule has 2 atom stereocenters. The fourth-order valence-corrected chi connectivity index (χ4v) is 5.16. The van der Waals surface area contributed by atoms with Gasteiger partial charge >= 0.3 is 0 Å². The van der Waals surface area contributed by atoms with Gasteiger partial charge in [-0.25, -0.2) is 0 Å². The molecule has 0 bridgehead atoms. The Morgan fingerprint density at radius 1 is 0.795 bits per heavy atom. The number of amides is 2. The minimum Gasteiger partial charge on any atom is -0.497 e. The monoisotopic (exact) mass is 520 g/mol. The molecule has 1 aliphatic rings. The molecule has 2 amide bonds. The molecule has 0 saturated carbocycles. The van der Waals surface area contributed by atoms with Crippen molar-refractivity contribution in [2.24, 2.45) is 0 Å². The molecule has 198 valence electrons. The van der Waals surface area contributed by atoms with Crippen LogP contribution in [0.5, 0.6) is 11.5 Å². The quantitative estimate of drug-likeness (QED) is 0.286. The summed E-state index contributed by atoms with van der Waals surface area (Å²) < 4.78 is 10.7. The Balaban J connectivity index is 1.64. The fourth-order valence-electron chi connectivity index (χ4n) is 5.16. The van der Waals surface area contributed by atoms with E-state index in [9.17, 15) is 9.59 Å². The van der Waals surface area contributed by atoms with Gasteiger partial charge in [0.05, 0.1) is 26.2 Å². The minimum absolute atomic E-state index is 0.165. The van der Waals surface area contributed by atoms with Crippen molar-refractivity contribution in [2.45, 2.75) is 31.7 Å². The molecular formula is C33H32N2O4. The molecule has 39 heavy (non-hydrogen) atoms. The number of rotatable bonds is 7. The number of methoxy groups -OCH3 is 2. The Labute approximate surface area is 229 Å². The number of benzene rings is 4. The van der Waals surface area contributed by atoms with Gasteiger partial charge in [0.15, 0.2) is 0 Å². The van der Waals surface area contributed by atoms with Crippen LogP contribution < -0.4 is 19.7 Å². The largest absolute Gasteiger partial charge is 0.497 e. The van der Waals surface area contributed by atoms with Crippen LogP contribution >= 0.6 is 0 Å². The van der Waals surface area contributed by atoms with E-state index in [2.05, 4.69) is 19.2 Å². The summed E-state index contributed by atoms with van der Waals surface area (Å²) in [6, 6.07) is 29.6. The zero-order chi connectivity index (χ0) is 27.5. The molecule has 0 aromatic heterocycles. The fraction of sp³-hybridized carbons (Fsp3) is 0.212. The molecule has 1 heterocycles. The maximum absolute atomic E-state index is 14.1. The first-order chi connectivity index (χ1) is 18.9. The lowest BCUT2D eigenvalue weighted by atomic mass is 9.78. The van der Waals surface area contributed by atoms with Gasteiger partial charge in [0.2, 0.25) is 5.91 Å². The van der Waals surface area contributed by atoms with E-state index in [1.54, 1.807) is 25.2 Å². The van der Waals surface area contributed by atoms with Crippen molar-refractivity contribution in [3.63, 3.8) is 0 Å². The summed E-state index contributed by atoms with van der Waals surface area (Å²) in [6.07, 6.45) is 0. The van der Waals surface area contributed by atoms with E-state index in [-0.39, 0.29) is 11.8 Å². The number of ether oxygens (including phenoxy) is 2. The Morgan fingerprint density at radius 2 is 1.38 bits per heavy atom. The normalized spacial score (nSPS) is 16.5. The lowest BCUT2D eigenvalue weighted by molar-refractivity contribution is -0.118. The van der Waals surface area contributed by atoms with Crippen LogP contribution in [0.3, 0.4) is 0 Å². The van der Waals surface area contributed by atoms with E-state index in [1.807, 2.05) is 91.0 Å². The van der Waals surface area contributed by atoms with E-state index >= 15 is 0 Å². The van der Waals surface area contributed by atoms with Crippen LogP contribution in [0, 0.1) is 0 Å². The van der Waals surface area contributed by atoms with Crippen LogP contribution in [0.25, 0.3) is 0 Å². The minimum atomic E-state index is -0.667. The molecule has 0 saturated heterocycles. The van der Waals surface area contributed by atoms with E-state index in [0.717, 1.165) is 5.56 Å². The van der Waals surface area contributed by atoms with Gasteiger partial charge in [-0.15, -0.1) is 0 Å².